The fourth-order valence-corrected chi connectivity index (χ4v) is 3.64. The van der Waals surface area contributed by atoms with Crippen molar-refractivity contribution in [2.24, 2.45) is 5.92 Å². The third kappa shape index (κ3) is 4.71. The van der Waals surface area contributed by atoms with E-state index < -0.39 is 5.92 Å². The quantitative estimate of drug-likeness (QED) is 0.319. The van der Waals surface area contributed by atoms with E-state index in [0.29, 0.717) is 11.1 Å². The molecule has 4 aromatic carbocycles. The minimum Gasteiger partial charge on any atom is -0.294 e. The molecule has 0 radical (unpaired) electrons. The molecule has 3 heteroatoms. The molecule has 0 aliphatic carbocycles. The number of ketones is 2. The van der Waals surface area contributed by atoms with Crippen molar-refractivity contribution in [1.82, 2.24) is 0 Å². The molecule has 0 aromatic heterocycles. The molecule has 0 saturated carbocycles. The van der Waals surface area contributed by atoms with Crippen LogP contribution in [-0.2, 0) is 0 Å². The smallest absolute Gasteiger partial charge is 0.180 e. The Bertz CT molecular complexity index is 1250. The first kappa shape index (κ1) is 21.0. The maximum atomic E-state index is 12.9. The van der Waals surface area contributed by atoms with Crippen molar-refractivity contribution in [2.75, 3.05) is 0 Å². The highest BCUT2D eigenvalue weighted by Crippen LogP contribution is 2.23. The van der Waals surface area contributed by atoms with E-state index >= 15 is 0 Å². The van der Waals surface area contributed by atoms with E-state index in [2.05, 4.69) is 0 Å². The number of carbonyl (C=O) groups is 2. The first-order chi connectivity index (χ1) is 15.7. The molecule has 0 bridgehead atoms. The standard InChI is InChI=1S/C29H21NO2/c30-20-27(29(32)26-17-13-24(14-18-26)22-9-5-2-6-10-22)19-28(31)25-15-11-23(12-16-25)21-7-3-1-4-8-21/h1-18,27H,19H2. The first-order valence-corrected chi connectivity index (χ1v) is 10.4. The second-order valence-corrected chi connectivity index (χ2v) is 7.56. The Balaban J connectivity index is 1.45. The number of benzene rings is 4. The Kier molecular flexibility index (Phi) is 6.34. The van der Waals surface area contributed by atoms with Crippen LogP contribution in [0.15, 0.2) is 109 Å². The normalized spacial score (nSPS) is 11.3. The lowest BCUT2D eigenvalue weighted by molar-refractivity contribution is 0.0882. The molecule has 0 aliphatic heterocycles. The topological polar surface area (TPSA) is 57.9 Å². The van der Waals surface area contributed by atoms with E-state index in [0.717, 1.165) is 22.3 Å². The van der Waals surface area contributed by atoms with Gasteiger partial charge >= 0.3 is 0 Å². The Morgan fingerprint density at radius 3 is 1.44 bits per heavy atom. The van der Waals surface area contributed by atoms with E-state index in [9.17, 15) is 14.9 Å². The van der Waals surface area contributed by atoms with Gasteiger partial charge in [0.25, 0.3) is 0 Å². The zero-order valence-corrected chi connectivity index (χ0v) is 17.4. The van der Waals surface area contributed by atoms with Crippen LogP contribution < -0.4 is 0 Å². The molecule has 1 atom stereocenters. The molecule has 0 N–H and O–H groups in total. The summed E-state index contributed by atoms with van der Waals surface area (Å²) in [7, 11) is 0. The highest BCUT2D eigenvalue weighted by atomic mass is 16.1. The largest absolute Gasteiger partial charge is 0.294 e. The molecule has 4 rings (SSSR count). The average Bonchev–Trinajstić information content (AvgIpc) is 2.88. The summed E-state index contributed by atoms with van der Waals surface area (Å²) in [5.74, 6) is -1.56. The highest BCUT2D eigenvalue weighted by molar-refractivity contribution is 6.05. The van der Waals surface area contributed by atoms with Crippen LogP contribution in [0.5, 0.6) is 0 Å². The van der Waals surface area contributed by atoms with Gasteiger partial charge in [-0.15, -0.1) is 0 Å². The van der Waals surface area contributed by atoms with Gasteiger partial charge in [0.05, 0.1) is 6.07 Å². The van der Waals surface area contributed by atoms with Crippen LogP contribution in [0.3, 0.4) is 0 Å². The number of nitriles is 1. The van der Waals surface area contributed by atoms with Crippen LogP contribution in [0, 0.1) is 17.2 Å². The van der Waals surface area contributed by atoms with Gasteiger partial charge in [-0.3, -0.25) is 9.59 Å². The third-order valence-corrected chi connectivity index (χ3v) is 5.45. The Hall–Kier alpha value is -4.29. The van der Waals surface area contributed by atoms with Gasteiger partial charge in [0, 0.05) is 17.5 Å². The number of carbonyl (C=O) groups excluding carboxylic acids is 2. The second kappa shape index (κ2) is 9.68. The van der Waals surface area contributed by atoms with Crippen molar-refractivity contribution in [3.8, 4) is 28.3 Å². The first-order valence-electron chi connectivity index (χ1n) is 10.4. The van der Waals surface area contributed by atoms with Crippen LogP contribution >= 0.6 is 0 Å². The van der Waals surface area contributed by atoms with Crippen molar-refractivity contribution in [1.29, 1.82) is 5.26 Å². The van der Waals surface area contributed by atoms with Crippen LogP contribution in [0.2, 0.25) is 0 Å². The predicted molar refractivity (Wildman–Crippen MR) is 126 cm³/mol. The van der Waals surface area contributed by atoms with Crippen LogP contribution in [0.25, 0.3) is 22.3 Å². The summed E-state index contributed by atoms with van der Waals surface area (Å²) < 4.78 is 0. The maximum absolute atomic E-state index is 12.9. The van der Waals surface area contributed by atoms with Gasteiger partial charge in [-0.2, -0.15) is 5.26 Å². The molecule has 4 aromatic rings. The molecule has 0 aliphatic rings. The molecule has 0 fully saturated rings. The number of nitrogens with zero attached hydrogens (tertiary/aromatic N) is 1. The Labute approximate surface area is 187 Å². The van der Waals surface area contributed by atoms with E-state index in [4.69, 9.17) is 0 Å². The summed E-state index contributed by atoms with van der Waals surface area (Å²) in [5, 5.41) is 9.56. The summed E-state index contributed by atoms with van der Waals surface area (Å²) >= 11 is 0. The number of rotatable bonds is 7. The van der Waals surface area contributed by atoms with Gasteiger partial charge in [0.15, 0.2) is 11.6 Å². The fourth-order valence-electron chi connectivity index (χ4n) is 3.64. The summed E-state index contributed by atoms with van der Waals surface area (Å²) in [6, 6.07) is 36.2. The molecule has 0 amide bonds. The molecule has 3 nitrogen and oxygen atoms in total. The van der Waals surface area contributed by atoms with Crippen LogP contribution in [0.4, 0.5) is 0 Å². The zero-order valence-electron chi connectivity index (χ0n) is 17.4. The Morgan fingerprint density at radius 1 is 0.594 bits per heavy atom. The summed E-state index contributed by atoms with van der Waals surface area (Å²) in [6.45, 7) is 0. The molecular weight excluding hydrogens is 394 g/mol. The fraction of sp³-hybridized carbons (Fsp3) is 0.0690. The lowest BCUT2D eigenvalue weighted by Crippen LogP contribution is -2.17. The van der Waals surface area contributed by atoms with E-state index in [1.807, 2.05) is 91.0 Å². The van der Waals surface area contributed by atoms with Crippen LogP contribution in [-0.4, -0.2) is 11.6 Å². The molecule has 154 valence electrons. The zero-order chi connectivity index (χ0) is 22.3. The van der Waals surface area contributed by atoms with Crippen molar-refractivity contribution in [3.63, 3.8) is 0 Å². The maximum Gasteiger partial charge on any atom is 0.180 e. The van der Waals surface area contributed by atoms with Gasteiger partial charge in [0.2, 0.25) is 0 Å². The van der Waals surface area contributed by atoms with E-state index in [1.165, 1.54) is 0 Å². The van der Waals surface area contributed by atoms with Gasteiger partial charge < -0.3 is 0 Å². The number of hydrogen-bond donors (Lipinski definition) is 0. The van der Waals surface area contributed by atoms with Gasteiger partial charge in [-0.25, -0.2) is 0 Å². The monoisotopic (exact) mass is 415 g/mol. The van der Waals surface area contributed by atoms with Gasteiger partial charge in [-0.1, -0.05) is 109 Å². The van der Waals surface area contributed by atoms with Crippen molar-refractivity contribution >= 4 is 11.6 Å². The third-order valence-electron chi connectivity index (χ3n) is 5.45. The summed E-state index contributed by atoms with van der Waals surface area (Å²) in [4.78, 5) is 25.6. The van der Waals surface area contributed by atoms with E-state index in [-0.39, 0.29) is 18.0 Å². The lowest BCUT2D eigenvalue weighted by atomic mass is 9.91. The molecule has 0 heterocycles. The molecular formula is C29H21NO2. The molecule has 32 heavy (non-hydrogen) atoms. The predicted octanol–water partition coefficient (Wildman–Crippen LogP) is 6.62. The average molecular weight is 415 g/mol. The van der Waals surface area contributed by atoms with Gasteiger partial charge in [0.1, 0.15) is 5.92 Å². The number of hydrogen-bond acceptors (Lipinski definition) is 3. The summed E-state index contributed by atoms with van der Waals surface area (Å²) in [6.07, 6.45) is -0.138. The van der Waals surface area contributed by atoms with E-state index in [1.54, 1.807) is 24.3 Å². The van der Waals surface area contributed by atoms with Gasteiger partial charge in [-0.05, 0) is 22.3 Å². The lowest BCUT2D eigenvalue weighted by Gasteiger charge is -2.09. The van der Waals surface area contributed by atoms with Crippen LogP contribution in [0.1, 0.15) is 27.1 Å². The van der Waals surface area contributed by atoms with Crippen molar-refractivity contribution < 1.29 is 9.59 Å². The number of Topliss-reactive ketones (excluding diaryl/α,β-unsaturated/α-hetero) is 2. The SMILES string of the molecule is N#CC(CC(=O)c1ccc(-c2ccccc2)cc1)C(=O)c1ccc(-c2ccccc2)cc1. The van der Waals surface area contributed by atoms with Crippen molar-refractivity contribution in [3.05, 3.63) is 120 Å². The minimum atomic E-state index is -1.01. The van der Waals surface area contributed by atoms with Crippen molar-refractivity contribution in [2.45, 2.75) is 6.42 Å². The molecule has 0 saturated heterocycles. The summed E-state index contributed by atoms with van der Waals surface area (Å²) in [5.41, 5.74) is 5.05. The molecule has 0 spiro atoms. The Morgan fingerprint density at radius 2 is 1.00 bits per heavy atom. The second-order valence-electron chi connectivity index (χ2n) is 7.56. The molecule has 1 unspecified atom stereocenters. The highest BCUT2D eigenvalue weighted by Gasteiger charge is 2.23. The minimum absolute atomic E-state index is 0.138.